The largest absolute Gasteiger partial charge is 0.535 e. The molecule has 0 saturated carbocycles. The fourth-order valence-electron chi connectivity index (χ4n) is 3.15. The molecular formula is C17H15BN2O4. The number of para-hydroxylation sites is 1. The van der Waals surface area contributed by atoms with Gasteiger partial charge in [-0.3, -0.25) is 4.68 Å². The molecular weight excluding hydrogens is 307 g/mol. The van der Waals surface area contributed by atoms with Crippen molar-refractivity contribution in [1.82, 2.24) is 9.78 Å². The zero-order valence-corrected chi connectivity index (χ0v) is 12.8. The Morgan fingerprint density at radius 2 is 2.12 bits per heavy atom. The third-order valence-electron chi connectivity index (χ3n) is 4.33. The smallest absolute Gasteiger partial charge is 0.522 e. The van der Waals surface area contributed by atoms with Crippen molar-refractivity contribution in [1.29, 1.82) is 0 Å². The fraction of sp³-hybridized carbons (Fsp3) is 0.176. The summed E-state index contributed by atoms with van der Waals surface area (Å²) in [5, 5.41) is 24.7. The van der Waals surface area contributed by atoms with Crippen molar-refractivity contribution < 1.29 is 19.6 Å². The molecule has 3 aromatic rings. The van der Waals surface area contributed by atoms with Gasteiger partial charge in [-0.15, -0.1) is 0 Å². The van der Waals surface area contributed by atoms with Crippen LogP contribution >= 0.6 is 0 Å². The van der Waals surface area contributed by atoms with Crippen molar-refractivity contribution in [2.75, 3.05) is 0 Å². The van der Waals surface area contributed by atoms with Gasteiger partial charge < -0.3 is 14.8 Å². The summed E-state index contributed by atoms with van der Waals surface area (Å²) in [5.74, 6) is -0.789. The molecule has 6 nitrogen and oxygen atoms in total. The van der Waals surface area contributed by atoms with E-state index in [0.717, 1.165) is 16.5 Å². The maximum atomic E-state index is 11.8. The Morgan fingerprint density at radius 3 is 2.96 bits per heavy atom. The maximum Gasteiger partial charge on any atom is 0.522 e. The molecule has 1 aliphatic rings. The van der Waals surface area contributed by atoms with Gasteiger partial charge in [0.1, 0.15) is 11.3 Å². The molecule has 2 heterocycles. The van der Waals surface area contributed by atoms with Crippen molar-refractivity contribution >= 4 is 24.0 Å². The molecule has 7 heteroatoms. The summed E-state index contributed by atoms with van der Waals surface area (Å²) in [7, 11) is -0.962. The Hall–Kier alpha value is -2.80. The molecule has 4 rings (SSSR count). The number of aryl methyl sites for hydroxylation is 1. The van der Waals surface area contributed by atoms with Crippen LogP contribution in [0.3, 0.4) is 0 Å². The molecule has 0 amide bonds. The number of carboxylic acid groups (broad SMARTS) is 1. The van der Waals surface area contributed by atoms with Crippen LogP contribution in [0, 0.1) is 0 Å². The van der Waals surface area contributed by atoms with Gasteiger partial charge in [0.25, 0.3) is 0 Å². The highest BCUT2D eigenvalue weighted by molar-refractivity contribution is 6.44. The Balaban J connectivity index is 1.81. The summed E-state index contributed by atoms with van der Waals surface area (Å²) < 4.78 is 7.18. The van der Waals surface area contributed by atoms with Gasteiger partial charge in [-0.1, -0.05) is 30.3 Å². The monoisotopic (exact) mass is 322 g/mol. The van der Waals surface area contributed by atoms with E-state index in [1.807, 2.05) is 30.3 Å². The first kappa shape index (κ1) is 14.8. The average molecular weight is 322 g/mol. The summed E-state index contributed by atoms with van der Waals surface area (Å²) in [6.07, 6.45) is 2.82. The SMILES string of the molecule is O=C(O)c1c(Cn2ncc3ccccc32)ccc2c1OB(O)CC2. The molecule has 0 spiro atoms. The number of benzene rings is 2. The highest BCUT2D eigenvalue weighted by Crippen LogP contribution is 2.33. The lowest BCUT2D eigenvalue weighted by molar-refractivity contribution is 0.0693. The lowest BCUT2D eigenvalue weighted by atomic mass is 9.78. The quantitative estimate of drug-likeness (QED) is 0.722. The third-order valence-corrected chi connectivity index (χ3v) is 4.33. The minimum absolute atomic E-state index is 0.103. The number of aromatic nitrogens is 2. The van der Waals surface area contributed by atoms with Crippen LogP contribution in [0.1, 0.15) is 21.5 Å². The van der Waals surface area contributed by atoms with Crippen LogP contribution in [0.2, 0.25) is 6.32 Å². The number of hydrogen-bond donors (Lipinski definition) is 2. The maximum absolute atomic E-state index is 11.8. The predicted molar refractivity (Wildman–Crippen MR) is 89.3 cm³/mol. The van der Waals surface area contributed by atoms with Crippen molar-refractivity contribution in [2.45, 2.75) is 19.3 Å². The van der Waals surface area contributed by atoms with Crippen LogP contribution in [0.15, 0.2) is 42.6 Å². The fourth-order valence-corrected chi connectivity index (χ4v) is 3.15. The van der Waals surface area contributed by atoms with Crippen LogP contribution in [0.5, 0.6) is 5.75 Å². The predicted octanol–water partition coefficient (Wildman–Crippen LogP) is 2.20. The summed E-state index contributed by atoms with van der Waals surface area (Å²) in [5.41, 5.74) is 2.45. The number of hydrogen-bond acceptors (Lipinski definition) is 4. The molecule has 0 unspecified atom stereocenters. The topological polar surface area (TPSA) is 84.6 Å². The molecule has 0 radical (unpaired) electrons. The number of rotatable bonds is 3. The second-order valence-electron chi connectivity index (χ2n) is 5.87. The number of nitrogens with zero attached hydrogens (tertiary/aromatic N) is 2. The first-order chi connectivity index (χ1) is 11.6. The zero-order chi connectivity index (χ0) is 16.7. The summed E-state index contributed by atoms with van der Waals surface area (Å²) >= 11 is 0. The van der Waals surface area contributed by atoms with Crippen molar-refractivity contribution in [3.8, 4) is 5.75 Å². The van der Waals surface area contributed by atoms with E-state index >= 15 is 0 Å². The van der Waals surface area contributed by atoms with E-state index in [1.165, 1.54) is 0 Å². The number of fused-ring (bicyclic) bond motifs is 2. The molecule has 120 valence electrons. The van der Waals surface area contributed by atoms with Gasteiger partial charge in [0.2, 0.25) is 0 Å². The Kier molecular flexibility index (Phi) is 3.50. The molecule has 1 aliphatic heterocycles. The van der Waals surface area contributed by atoms with E-state index in [0.29, 0.717) is 24.8 Å². The Bertz CT molecular complexity index is 937. The lowest BCUT2D eigenvalue weighted by Crippen LogP contribution is -2.28. The lowest BCUT2D eigenvalue weighted by Gasteiger charge is -2.23. The second-order valence-corrected chi connectivity index (χ2v) is 5.87. The molecule has 0 fully saturated rings. The first-order valence-electron chi connectivity index (χ1n) is 7.77. The summed E-state index contributed by atoms with van der Waals surface area (Å²) in [6.45, 7) is 0.321. The van der Waals surface area contributed by atoms with E-state index < -0.39 is 13.1 Å². The van der Waals surface area contributed by atoms with Gasteiger partial charge in [0, 0.05) is 5.39 Å². The second kappa shape index (κ2) is 5.69. The van der Waals surface area contributed by atoms with Gasteiger partial charge in [0.15, 0.2) is 0 Å². The number of aromatic carboxylic acids is 1. The highest BCUT2D eigenvalue weighted by atomic mass is 16.5. The van der Waals surface area contributed by atoms with E-state index in [-0.39, 0.29) is 11.3 Å². The van der Waals surface area contributed by atoms with E-state index in [9.17, 15) is 14.9 Å². The van der Waals surface area contributed by atoms with E-state index in [2.05, 4.69) is 5.10 Å². The van der Waals surface area contributed by atoms with Gasteiger partial charge in [-0.2, -0.15) is 5.10 Å². The third kappa shape index (κ3) is 2.43. The van der Waals surface area contributed by atoms with Gasteiger partial charge in [0.05, 0.1) is 18.3 Å². The molecule has 0 aliphatic carbocycles. The minimum Gasteiger partial charge on any atom is -0.535 e. The Labute approximate surface area is 138 Å². The molecule has 2 aromatic carbocycles. The molecule has 1 aromatic heterocycles. The van der Waals surface area contributed by atoms with Crippen LogP contribution in [0.4, 0.5) is 0 Å². The molecule has 0 saturated heterocycles. The van der Waals surface area contributed by atoms with Gasteiger partial charge >= 0.3 is 13.1 Å². The van der Waals surface area contributed by atoms with Crippen molar-refractivity contribution in [3.05, 3.63) is 59.3 Å². The number of carboxylic acids is 1. The van der Waals surface area contributed by atoms with Gasteiger partial charge in [-0.05, 0) is 29.9 Å². The number of carbonyl (C=O) groups is 1. The van der Waals surface area contributed by atoms with Gasteiger partial charge in [-0.25, -0.2) is 4.79 Å². The minimum atomic E-state index is -1.06. The summed E-state index contributed by atoms with van der Waals surface area (Å²) in [6, 6.07) is 11.4. The van der Waals surface area contributed by atoms with Crippen molar-refractivity contribution in [2.24, 2.45) is 0 Å². The molecule has 0 bridgehead atoms. The van der Waals surface area contributed by atoms with E-state index in [4.69, 9.17) is 4.65 Å². The Morgan fingerprint density at radius 1 is 1.29 bits per heavy atom. The highest BCUT2D eigenvalue weighted by Gasteiger charge is 2.29. The normalized spacial score (nSPS) is 13.6. The first-order valence-corrected chi connectivity index (χ1v) is 7.77. The van der Waals surface area contributed by atoms with Crippen LogP contribution in [-0.2, 0) is 13.0 Å². The molecule has 2 N–H and O–H groups in total. The zero-order valence-electron chi connectivity index (χ0n) is 12.8. The van der Waals surface area contributed by atoms with E-state index in [1.54, 1.807) is 16.9 Å². The summed E-state index contributed by atoms with van der Waals surface area (Å²) in [4.78, 5) is 11.8. The standard InChI is InChI=1S/C17H15BN2O4/c21-17(22)15-13(6-5-11-7-8-18(23)24-16(11)15)10-20-14-4-2-1-3-12(14)9-19-20/h1-6,9,23H,7-8,10H2,(H,21,22). The average Bonchev–Trinajstić information content (AvgIpc) is 2.97. The van der Waals surface area contributed by atoms with Crippen LogP contribution in [-0.4, -0.2) is 33.0 Å². The molecule has 0 atom stereocenters. The van der Waals surface area contributed by atoms with Crippen molar-refractivity contribution in [3.63, 3.8) is 0 Å². The molecule has 24 heavy (non-hydrogen) atoms. The van der Waals surface area contributed by atoms with Crippen LogP contribution < -0.4 is 4.65 Å². The van der Waals surface area contributed by atoms with Crippen LogP contribution in [0.25, 0.3) is 10.9 Å².